The van der Waals surface area contributed by atoms with Crippen LogP contribution in [0.5, 0.6) is 5.75 Å². The molecule has 1 aliphatic heterocycles. The van der Waals surface area contributed by atoms with Gasteiger partial charge in [-0.15, -0.1) is 0 Å². The zero-order chi connectivity index (χ0) is 21.0. The van der Waals surface area contributed by atoms with Crippen LogP contribution in [0, 0.1) is 5.92 Å². The number of benzene rings is 1. The molecular formula is C20H28N4O4S. The minimum absolute atomic E-state index is 0.0785. The first-order chi connectivity index (χ1) is 13.8. The van der Waals surface area contributed by atoms with Crippen molar-refractivity contribution in [3.63, 3.8) is 0 Å². The van der Waals surface area contributed by atoms with Gasteiger partial charge in [-0.3, -0.25) is 9.48 Å². The summed E-state index contributed by atoms with van der Waals surface area (Å²) in [4.78, 5) is 12.8. The van der Waals surface area contributed by atoms with E-state index in [2.05, 4.69) is 10.4 Å². The van der Waals surface area contributed by atoms with Crippen LogP contribution >= 0.6 is 0 Å². The average Bonchev–Trinajstić information content (AvgIpc) is 3.13. The molecule has 1 aliphatic rings. The Hall–Kier alpha value is -2.39. The Bertz CT molecular complexity index is 955. The van der Waals surface area contributed by atoms with Crippen LogP contribution in [-0.4, -0.2) is 47.6 Å². The van der Waals surface area contributed by atoms with E-state index in [0.29, 0.717) is 25.9 Å². The Balaban J connectivity index is 1.60. The number of piperidine rings is 1. The fraction of sp³-hybridized carbons (Fsp3) is 0.500. The Morgan fingerprint density at radius 2 is 2.17 bits per heavy atom. The third-order valence-electron chi connectivity index (χ3n) is 4.81. The van der Waals surface area contributed by atoms with Crippen molar-refractivity contribution in [1.29, 1.82) is 0 Å². The van der Waals surface area contributed by atoms with Crippen molar-refractivity contribution in [1.82, 2.24) is 19.4 Å². The quantitative estimate of drug-likeness (QED) is 0.739. The van der Waals surface area contributed by atoms with Gasteiger partial charge in [0.05, 0.1) is 18.2 Å². The number of aromatic nitrogens is 2. The molecule has 2 heterocycles. The lowest BCUT2D eigenvalue weighted by atomic mass is 9.99. The van der Waals surface area contributed by atoms with Gasteiger partial charge in [-0.05, 0) is 44.4 Å². The van der Waals surface area contributed by atoms with Gasteiger partial charge in [0.15, 0.2) is 0 Å². The Morgan fingerprint density at radius 1 is 1.38 bits per heavy atom. The summed E-state index contributed by atoms with van der Waals surface area (Å²) in [6.07, 6.45) is 4.21. The summed E-state index contributed by atoms with van der Waals surface area (Å²) in [6, 6.07) is 7.60. The van der Waals surface area contributed by atoms with Gasteiger partial charge in [0, 0.05) is 32.9 Å². The van der Waals surface area contributed by atoms with Crippen molar-refractivity contribution in [3.05, 3.63) is 42.2 Å². The maximum atomic E-state index is 12.8. The van der Waals surface area contributed by atoms with E-state index in [-0.39, 0.29) is 29.4 Å². The lowest BCUT2D eigenvalue weighted by molar-refractivity contribution is -0.126. The van der Waals surface area contributed by atoms with Crippen LogP contribution in [-0.2, 0) is 28.4 Å². The van der Waals surface area contributed by atoms with Crippen LogP contribution < -0.4 is 10.1 Å². The molecule has 0 unspecified atom stereocenters. The highest BCUT2D eigenvalue weighted by molar-refractivity contribution is 7.89. The summed E-state index contributed by atoms with van der Waals surface area (Å²) in [7, 11) is -1.97. The number of hydrogen-bond donors (Lipinski definition) is 1. The third kappa shape index (κ3) is 5.36. The number of carbonyl (C=O) groups excluding carboxylic acids is 1. The predicted molar refractivity (Wildman–Crippen MR) is 109 cm³/mol. The fourth-order valence-electron chi connectivity index (χ4n) is 3.39. The van der Waals surface area contributed by atoms with Gasteiger partial charge in [-0.25, -0.2) is 8.42 Å². The normalized spacial score (nSPS) is 18.0. The number of sulfonamides is 1. The molecule has 1 aromatic carbocycles. The van der Waals surface area contributed by atoms with Crippen LogP contribution in [0.1, 0.15) is 32.3 Å². The molecule has 9 heteroatoms. The number of amides is 1. The molecule has 1 fully saturated rings. The fourth-order valence-corrected chi connectivity index (χ4v) is 4.90. The zero-order valence-electron chi connectivity index (χ0n) is 17.0. The van der Waals surface area contributed by atoms with E-state index in [1.807, 2.05) is 38.1 Å². The minimum Gasteiger partial charge on any atom is -0.491 e. The topological polar surface area (TPSA) is 93.5 Å². The SMILES string of the molecule is CC(C)Oc1cccc(CNC(=O)[C@H]2CCCN(S(=O)(=O)c3cnn(C)c3)C2)c1. The van der Waals surface area contributed by atoms with E-state index in [4.69, 9.17) is 4.74 Å². The molecule has 0 spiro atoms. The number of aryl methyl sites for hydroxylation is 1. The molecule has 3 rings (SSSR count). The molecular weight excluding hydrogens is 392 g/mol. The van der Waals surface area contributed by atoms with E-state index in [9.17, 15) is 13.2 Å². The highest BCUT2D eigenvalue weighted by Crippen LogP contribution is 2.24. The molecule has 1 atom stereocenters. The second-order valence-electron chi connectivity index (χ2n) is 7.58. The van der Waals surface area contributed by atoms with E-state index in [1.165, 1.54) is 21.4 Å². The van der Waals surface area contributed by atoms with E-state index in [1.54, 1.807) is 7.05 Å². The summed E-state index contributed by atoms with van der Waals surface area (Å²) >= 11 is 0. The second kappa shape index (κ2) is 8.96. The molecule has 29 heavy (non-hydrogen) atoms. The zero-order valence-corrected chi connectivity index (χ0v) is 17.9. The predicted octanol–water partition coefficient (Wildman–Crippen LogP) is 1.92. The van der Waals surface area contributed by atoms with Crippen molar-refractivity contribution in [2.45, 2.75) is 44.2 Å². The van der Waals surface area contributed by atoms with E-state index < -0.39 is 10.0 Å². The molecule has 0 saturated carbocycles. The first-order valence-electron chi connectivity index (χ1n) is 9.78. The summed E-state index contributed by atoms with van der Waals surface area (Å²) in [5.74, 6) is 0.259. The third-order valence-corrected chi connectivity index (χ3v) is 6.63. The van der Waals surface area contributed by atoms with E-state index >= 15 is 0 Å². The maximum absolute atomic E-state index is 12.8. The number of carbonyl (C=O) groups is 1. The Kier molecular flexibility index (Phi) is 6.59. The summed E-state index contributed by atoms with van der Waals surface area (Å²) in [5.41, 5.74) is 0.937. The summed E-state index contributed by atoms with van der Waals surface area (Å²) in [6.45, 7) is 4.89. The summed E-state index contributed by atoms with van der Waals surface area (Å²) < 4.78 is 34.1. The second-order valence-corrected chi connectivity index (χ2v) is 9.52. The van der Waals surface area contributed by atoms with Crippen LogP contribution in [0.25, 0.3) is 0 Å². The number of nitrogens with zero attached hydrogens (tertiary/aromatic N) is 3. The van der Waals surface area contributed by atoms with Gasteiger partial charge in [0.1, 0.15) is 10.6 Å². The number of hydrogen-bond acceptors (Lipinski definition) is 5. The molecule has 0 bridgehead atoms. The van der Waals surface area contributed by atoms with Crippen molar-refractivity contribution in [3.8, 4) is 5.75 Å². The minimum atomic E-state index is -3.64. The molecule has 2 aromatic rings. The van der Waals surface area contributed by atoms with Crippen LogP contribution in [0.4, 0.5) is 0 Å². The van der Waals surface area contributed by atoms with E-state index in [0.717, 1.165) is 11.3 Å². The molecule has 1 amide bonds. The highest BCUT2D eigenvalue weighted by Gasteiger charge is 2.33. The molecule has 1 N–H and O–H groups in total. The van der Waals surface area contributed by atoms with Gasteiger partial charge in [-0.1, -0.05) is 12.1 Å². The Labute approximate surface area is 171 Å². The first-order valence-corrected chi connectivity index (χ1v) is 11.2. The van der Waals surface area contributed by atoms with Crippen molar-refractivity contribution in [2.24, 2.45) is 13.0 Å². The number of ether oxygens (including phenoxy) is 1. The molecule has 1 aromatic heterocycles. The largest absolute Gasteiger partial charge is 0.491 e. The van der Waals surface area contributed by atoms with Crippen LogP contribution in [0.15, 0.2) is 41.6 Å². The monoisotopic (exact) mass is 420 g/mol. The lowest BCUT2D eigenvalue weighted by Crippen LogP contribution is -2.45. The van der Waals surface area contributed by atoms with Crippen LogP contribution in [0.3, 0.4) is 0 Å². The molecule has 0 aliphatic carbocycles. The molecule has 158 valence electrons. The standard InChI is InChI=1S/C20H28N4O4S/c1-15(2)28-18-8-4-6-16(10-18)11-21-20(25)17-7-5-9-24(13-17)29(26,27)19-12-22-23(3)14-19/h4,6,8,10,12,14-15,17H,5,7,9,11,13H2,1-3H3,(H,21,25)/t17-/m0/s1. The molecule has 1 saturated heterocycles. The lowest BCUT2D eigenvalue weighted by Gasteiger charge is -2.30. The Morgan fingerprint density at radius 3 is 2.86 bits per heavy atom. The molecule has 8 nitrogen and oxygen atoms in total. The highest BCUT2D eigenvalue weighted by atomic mass is 32.2. The smallest absolute Gasteiger partial charge is 0.246 e. The van der Waals surface area contributed by atoms with Gasteiger partial charge in [-0.2, -0.15) is 9.40 Å². The number of nitrogens with one attached hydrogen (secondary N) is 1. The van der Waals surface area contributed by atoms with Crippen LogP contribution in [0.2, 0.25) is 0 Å². The van der Waals surface area contributed by atoms with Crippen molar-refractivity contribution < 1.29 is 17.9 Å². The van der Waals surface area contributed by atoms with Gasteiger partial charge >= 0.3 is 0 Å². The number of rotatable bonds is 7. The van der Waals surface area contributed by atoms with Gasteiger partial charge < -0.3 is 10.1 Å². The molecule has 0 radical (unpaired) electrons. The van der Waals surface area contributed by atoms with Crippen molar-refractivity contribution >= 4 is 15.9 Å². The average molecular weight is 421 g/mol. The summed E-state index contributed by atoms with van der Waals surface area (Å²) in [5, 5.41) is 6.87. The maximum Gasteiger partial charge on any atom is 0.246 e. The van der Waals surface area contributed by atoms with Gasteiger partial charge in [0.25, 0.3) is 0 Å². The van der Waals surface area contributed by atoms with Crippen molar-refractivity contribution in [2.75, 3.05) is 13.1 Å². The van der Waals surface area contributed by atoms with Gasteiger partial charge in [0.2, 0.25) is 15.9 Å². The first kappa shape index (κ1) is 21.3.